The lowest BCUT2D eigenvalue weighted by Crippen LogP contribution is -2.33. The molecule has 0 aliphatic rings. The minimum atomic E-state index is -0.147. The van der Waals surface area contributed by atoms with Crippen LogP contribution in [0.4, 0.5) is 5.69 Å². The summed E-state index contributed by atoms with van der Waals surface area (Å²) in [6.45, 7) is 6.14. The van der Waals surface area contributed by atoms with E-state index in [1.54, 1.807) is 21.6 Å². The van der Waals surface area contributed by atoms with Crippen LogP contribution in [0.15, 0.2) is 101 Å². The Morgan fingerprint density at radius 3 is 2.47 bits per heavy atom. The Bertz CT molecular complexity index is 1330. The second-order valence-corrected chi connectivity index (χ2v) is 8.20. The van der Waals surface area contributed by atoms with E-state index >= 15 is 0 Å². The van der Waals surface area contributed by atoms with Crippen molar-refractivity contribution in [1.82, 2.24) is 9.55 Å². The van der Waals surface area contributed by atoms with Crippen LogP contribution in [0.1, 0.15) is 5.56 Å². The van der Waals surface area contributed by atoms with Crippen LogP contribution in [0.5, 0.6) is 0 Å². The first-order valence-corrected chi connectivity index (χ1v) is 11.3. The number of para-hydroxylation sites is 3. The van der Waals surface area contributed by atoms with E-state index in [1.807, 2.05) is 79.7 Å². The molecule has 0 aliphatic heterocycles. The SMILES string of the molecule is C=CCN(C(=O)CSc1nc2ccccc2c(=O)n1-c1ccccc1C)c1ccccc1. The highest BCUT2D eigenvalue weighted by molar-refractivity contribution is 7.99. The van der Waals surface area contributed by atoms with E-state index in [1.165, 1.54) is 11.8 Å². The molecule has 32 heavy (non-hydrogen) atoms. The normalized spacial score (nSPS) is 10.8. The van der Waals surface area contributed by atoms with Gasteiger partial charge in [0, 0.05) is 12.2 Å². The van der Waals surface area contributed by atoms with E-state index in [4.69, 9.17) is 4.98 Å². The predicted molar refractivity (Wildman–Crippen MR) is 132 cm³/mol. The summed E-state index contributed by atoms with van der Waals surface area (Å²) in [5.74, 6) is 0.0548. The highest BCUT2D eigenvalue weighted by atomic mass is 32.2. The number of fused-ring (bicyclic) bond motifs is 1. The van der Waals surface area contributed by atoms with Crippen molar-refractivity contribution in [2.24, 2.45) is 0 Å². The maximum atomic E-state index is 13.4. The molecule has 1 heterocycles. The number of hydrogen-bond acceptors (Lipinski definition) is 4. The largest absolute Gasteiger partial charge is 0.308 e. The van der Waals surface area contributed by atoms with Crippen molar-refractivity contribution in [3.63, 3.8) is 0 Å². The zero-order valence-corrected chi connectivity index (χ0v) is 18.6. The maximum Gasteiger partial charge on any atom is 0.266 e. The fourth-order valence-corrected chi connectivity index (χ4v) is 4.41. The molecule has 5 nitrogen and oxygen atoms in total. The van der Waals surface area contributed by atoms with E-state index in [0.717, 1.165) is 16.9 Å². The third-order valence-electron chi connectivity index (χ3n) is 5.11. The van der Waals surface area contributed by atoms with Crippen LogP contribution >= 0.6 is 11.8 Å². The second-order valence-electron chi connectivity index (χ2n) is 7.26. The summed E-state index contributed by atoms with van der Waals surface area (Å²) < 4.78 is 1.61. The molecule has 0 bridgehead atoms. The molecule has 3 aromatic carbocycles. The molecule has 0 aliphatic carbocycles. The van der Waals surface area contributed by atoms with Crippen molar-refractivity contribution in [2.45, 2.75) is 12.1 Å². The zero-order valence-electron chi connectivity index (χ0n) is 17.8. The van der Waals surface area contributed by atoms with E-state index in [0.29, 0.717) is 22.6 Å². The van der Waals surface area contributed by atoms with Crippen LogP contribution in [0, 0.1) is 6.92 Å². The van der Waals surface area contributed by atoms with Crippen LogP contribution in [0.25, 0.3) is 16.6 Å². The molecule has 0 saturated heterocycles. The molecule has 0 unspecified atom stereocenters. The summed E-state index contributed by atoms with van der Waals surface area (Å²) >= 11 is 1.26. The smallest absolute Gasteiger partial charge is 0.266 e. The van der Waals surface area contributed by atoms with Crippen molar-refractivity contribution < 1.29 is 4.79 Å². The van der Waals surface area contributed by atoms with Gasteiger partial charge in [-0.2, -0.15) is 0 Å². The lowest BCUT2D eigenvalue weighted by atomic mass is 10.2. The first-order chi connectivity index (χ1) is 15.6. The maximum absolute atomic E-state index is 13.4. The average Bonchev–Trinajstić information content (AvgIpc) is 2.82. The average molecular weight is 442 g/mol. The number of amides is 1. The summed E-state index contributed by atoms with van der Waals surface area (Å²) in [5.41, 5.74) is 2.99. The van der Waals surface area contributed by atoms with Crippen molar-refractivity contribution in [2.75, 3.05) is 17.2 Å². The van der Waals surface area contributed by atoms with Crippen molar-refractivity contribution in [1.29, 1.82) is 0 Å². The van der Waals surface area contributed by atoms with Crippen molar-refractivity contribution in [3.8, 4) is 5.69 Å². The van der Waals surface area contributed by atoms with E-state index in [9.17, 15) is 9.59 Å². The van der Waals surface area contributed by atoms with E-state index < -0.39 is 0 Å². The van der Waals surface area contributed by atoms with Gasteiger partial charge in [-0.15, -0.1) is 6.58 Å². The van der Waals surface area contributed by atoms with Crippen molar-refractivity contribution in [3.05, 3.63) is 107 Å². The molecule has 4 aromatic rings. The first kappa shape index (κ1) is 21.6. The number of nitrogens with zero attached hydrogens (tertiary/aromatic N) is 3. The van der Waals surface area contributed by atoms with Crippen LogP contribution in [-0.4, -0.2) is 27.8 Å². The van der Waals surface area contributed by atoms with Gasteiger partial charge in [-0.1, -0.05) is 66.4 Å². The number of anilines is 1. The van der Waals surface area contributed by atoms with Gasteiger partial charge in [-0.25, -0.2) is 4.98 Å². The molecular weight excluding hydrogens is 418 g/mol. The Hall–Kier alpha value is -3.64. The molecule has 0 N–H and O–H groups in total. The number of aryl methyl sites for hydroxylation is 1. The zero-order chi connectivity index (χ0) is 22.5. The fourth-order valence-electron chi connectivity index (χ4n) is 3.53. The molecule has 0 fully saturated rings. The van der Waals surface area contributed by atoms with Crippen LogP contribution in [0.2, 0.25) is 0 Å². The first-order valence-electron chi connectivity index (χ1n) is 10.3. The standard InChI is InChI=1S/C26H23N3O2S/c1-3-17-28(20-12-5-4-6-13-20)24(30)18-32-26-27-22-15-9-8-14-21(22)25(31)29(26)23-16-10-7-11-19(23)2/h3-16H,1,17-18H2,2H3. The van der Waals surface area contributed by atoms with Crippen LogP contribution in [0.3, 0.4) is 0 Å². The summed E-state index contributed by atoms with van der Waals surface area (Å²) in [5, 5.41) is 1.03. The fraction of sp³-hybridized carbons (Fsp3) is 0.115. The number of rotatable bonds is 7. The van der Waals surface area contributed by atoms with Gasteiger partial charge in [0.2, 0.25) is 5.91 Å². The lowest BCUT2D eigenvalue weighted by molar-refractivity contribution is -0.116. The molecule has 1 amide bonds. The van der Waals surface area contributed by atoms with Gasteiger partial charge in [0.1, 0.15) is 0 Å². The number of carbonyl (C=O) groups is 1. The Kier molecular flexibility index (Phi) is 6.52. The predicted octanol–water partition coefficient (Wildman–Crippen LogP) is 5.01. The monoisotopic (exact) mass is 441 g/mol. The molecule has 4 rings (SSSR count). The summed E-state index contributed by atoms with van der Waals surface area (Å²) in [4.78, 5) is 32.9. The second kappa shape index (κ2) is 9.66. The van der Waals surface area contributed by atoms with Gasteiger partial charge < -0.3 is 4.90 Å². The number of aromatic nitrogens is 2. The Morgan fingerprint density at radius 1 is 1.03 bits per heavy atom. The number of benzene rings is 3. The summed E-state index contributed by atoms with van der Waals surface area (Å²) in [6.07, 6.45) is 1.70. The van der Waals surface area contributed by atoms with Gasteiger partial charge in [0.15, 0.2) is 5.16 Å². The minimum absolute atomic E-state index is 0.0835. The molecule has 0 saturated carbocycles. The van der Waals surface area contributed by atoms with E-state index in [-0.39, 0.29) is 17.2 Å². The van der Waals surface area contributed by atoms with Gasteiger partial charge in [-0.05, 0) is 42.8 Å². The highest BCUT2D eigenvalue weighted by Crippen LogP contribution is 2.24. The Balaban J connectivity index is 1.73. The molecule has 0 spiro atoms. The molecule has 1 aromatic heterocycles. The van der Waals surface area contributed by atoms with Crippen LogP contribution in [-0.2, 0) is 4.79 Å². The number of thioether (sulfide) groups is 1. The minimum Gasteiger partial charge on any atom is -0.308 e. The number of carbonyl (C=O) groups excluding carboxylic acids is 1. The van der Waals surface area contributed by atoms with E-state index in [2.05, 4.69) is 6.58 Å². The molecule has 0 radical (unpaired) electrons. The summed E-state index contributed by atoms with van der Waals surface area (Å²) in [7, 11) is 0. The van der Waals surface area contributed by atoms with Crippen molar-refractivity contribution >= 4 is 34.3 Å². The topological polar surface area (TPSA) is 55.2 Å². The van der Waals surface area contributed by atoms with Gasteiger partial charge >= 0.3 is 0 Å². The summed E-state index contributed by atoms with van der Waals surface area (Å²) in [6, 6.07) is 24.4. The molecule has 160 valence electrons. The third kappa shape index (κ3) is 4.36. The van der Waals surface area contributed by atoms with Gasteiger partial charge in [0.05, 0.1) is 22.3 Å². The van der Waals surface area contributed by atoms with Crippen LogP contribution < -0.4 is 10.5 Å². The quantitative estimate of drug-likeness (QED) is 0.230. The molecule has 6 heteroatoms. The number of hydrogen-bond donors (Lipinski definition) is 0. The highest BCUT2D eigenvalue weighted by Gasteiger charge is 2.19. The molecule has 0 atom stereocenters. The molecular formula is C26H23N3O2S. The Labute approximate surface area is 191 Å². The third-order valence-corrected chi connectivity index (χ3v) is 6.03. The van der Waals surface area contributed by atoms with Gasteiger partial charge in [0.25, 0.3) is 5.56 Å². The lowest BCUT2D eigenvalue weighted by Gasteiger charge is -2.21. The Morgan fingerprint density at radius 2 is 1.72 bits per heavy atom. The van der Waals surface area contributed by atoms with Gasteiger partial charge in [-0.3, -0.25) is 14.2 Å².